The van der Waals surface area contributed by atoms with E-state index in [9.17, 15) is 4.79 Å². The summed E-state index contributed by atoms with van der Waals surface area (Å²) >= 11 is 0. The Morgan fingerprint density at radius 2 is 2.04 bits per heavy atom. The van der Waals surface area contributed by atoms with Crippen molar-refractivity contribution in [2.24, 2.45) is 5.16 Å². The second-order valence-corrected chi connectivity index (χ2v) is 6.10. The lowest BCUT2D eigenvalue weighted by Crippen LogP contribution is -2.31. The van der Waals surface area contributed by atoms with Gasteiger partial charge in [0.2, 0.25) is 5.88 Å². The summed E-state index contributed by atoms with van der Waals surface area (Å²) in [5.74, 6) is 0.358. The van der Waals surface area contributed by atoms with E-state index >= 15 is 0 Å². The minimum Gasteiger partial charge on any atom is -0.358 e. The van der Waals surface area contributed by atoms with Crippen molar-refractivity contribution < 1.29 is 9.63 Å². The number of hydrogen-bond acceptors (Lipinski definition) is 4. The van der Waals surface area contributed by atoms with Gasteiger partial charge in [-0.3, -0.25) is 4.79 Å². The Morgan fingerprint density at radius 1 is 1.19 bits per heavy atom. The minimum atomic E-state index is -0.0395. The van der Waals surface area contributed by atoms with Crippen LogP contribution in [0.4, 0.5) is 0 Å². The molecule has 0 unspecified atom stereocenters. The highest BCUT2D eigenvalue weighted by atomic mass is 16.6. The van der Waals surface area contributed by atoms with Crippen LogP contribution in [0.3, 0.4) is 0 Å². The Balaban J connectivity index is 1.57. The lowest BCUT2D eigenvalue weighted by Gasteiger charge is -2.10. The molecule has 0 atom stereocenters. The van der Waals surface area contributed by atoms with Gasteiger partial charge in [0.1, 0.15) is 0 Å². The maximum Gasteiger partial charge on any atom is 0.253 e. The average molecular weight is 346 g/mol. The predicted molar refractivity (Wildman–Crippen MR) is 99.3 cm³/mol. The zero-order valence-corrected chi connectivity index (χ0v) is 14.3. The van der Waals surface area contributed by atoms with E-state index in [2.05, 4.69) is 20.4 Å². The first-order valence-electron chi connectivity index (χ1n) is 8.44. The third kappa shape index (κ3) is 3.21. The van der Waals surface area contributed by atoms with Gasteiger partial charge in [-0.25, -0.2) is 4.98 Å². The largest absolute Gasteiger partial charge is 0.358 e. The van der Waals surface area contributed by atoms with Crippen molar-refractivity contribution in [3.63, 3.8) is 0 Å². The summed E-state index contributed by atoms with van der Waals surface area (Å²) in [5.41, 5.74) is 5.17. The van der Waals surface area contributed by atoms with Gasteiger partial charge in [-0.15, -0.1) is 0 Å². The number of aromatic nitrogens is 2. The fourth-order valence-electron chi connectivity index (χ4n) is 2.92. The number of fused-ring (bicyclic) bond motifs is 1. The monoisotopic (exact) mass is 346 g/mol. The number of nitrogens with one attached hydrogen (secondary N) is 2. The first kappa shape index (κ1) is 16.1. The zero-order valence-electron chi connectivity index (χ0n) is 14.3. The van der Waals surface area contributed by atoms with Gasteiger partial charge in [0.05, 0.1) is 11.3 Å². The third-order valence-corrected chi connectivity index (χ3v) is 4.32. The van der Waals surface area contributed by atoms with Gasteiger partial charge in [0.25, 0.3) is 5.91 Å². The highest BCUT2D eigenvalue weighted by Crippen LogP contribution is 2.25. The number of rotatable bonds is 4. The Labute approximate surface area is 150 Å². The zero-order chi connectivity index (χ0) is 17.9. The Hall–Kier alpha value is -3.41. The molecule has 3 aromatic rings. The van der Waals surface area contributed by atoms with Crippen LogP contribution in [0.25, 0.3) is 11.3 Å². The Bertz CT molecular complexity index is 976. The van der Waals surface area contributed by atoms with Crippen molar-refractivity contribution in [3.05, 3.63) is 71.5 Å². The number of benzene rings is 1. The van der Waals surface area contributed by atoms with Gasteiger partial charge in [-0.1, -0.05) is 35.5 Å². The molecule has 0 saturated carbocycles. The summed E-state index contributed by atoms with van der Waals surface area (Å²) < 4.78 is 0. The number of carbonyl (C=O) groups excluding carboxylic acids is 1. The highest BCUT2D eigenvalue weighted by Gasteiger charge is 2.20. The van der Waals surface area contributed by atoms with Gasteiger partial charge in [0.15, 0.2) is 0 Å². The number of nitrogens with zero attached hydrogens (tertiary/aromatic N) is 2. The topological polar surface area (TPSA) is 79.4 Å². The van der Waals surface area contributed by atoms with Crippen LogP contribution in [0.1, 0.15) is 28.5 Å². The Morgan fingerprint density at radius 3 is 2.85 bits per heavy atom. The molecule has 0 aliphatic carbocycles. The number of pyridine rings is 1. The number of carbonyl (C=O) groups is 1. The maximum absolute atomic E-state index is 11.9. The lowest BCUT2D eigenvalue weighted by atomic mass is 10.1. The SMILES string of the molecule is C/C(=N\Oc1cc(-c2cc3c([nH]2)CCNC3=O)ccn1)c1ccccc1. The van der Waals surface area contributed by atoms with Crippen molar-refractivity contribution in [2.75, 3.05) is 6.54 Å². The molecule has 0 saturated heterocycles. The van der Waals surface area contributed by atoms with Crippen molar-refractivity contribution >= 4 is 11.6 Å². The maximum atomic E-state index is 11.9. The molecule has 26 heavy (non-hydrogen) atoms. The summed E-state index contributed by atoms with van der Waals surface area (Å²) in [5, 5.41) is 7.01. The van der Waals surface area contributed by atoms with Crippen molar-refractivity contribution in [2.45, 2.75) is 13.3 Å². The van der Waals surface area contributed by atoms with Gasteiger partial charge in [-0.2, -0.15) is 0 Å². The molecule has 0 spiro atoms. The van der Waals surface area contributed by atoms with Crippen LogP contribution in [0, 0.1) is 0 Å². The molecular formula is C20H18N4O2. The number of H-pyrrole nitrogens is 1. The van der Waals surface area contributed by atoms with Crippen LogP contribution in [0.15, 0.2) is 59.9 Å². The Kier molecular flexibility index (Phi) is 4.23. The molecule has 4 rings (SSSR count). The molecule has 2 aromatic heterocycles. The molecule has 6 heteroatoms. The first-order chi connectivity index (χ1) is 12.7. The summed E-state index contributed by atoms with van der Waals surface area (Å²) in [6.45, 7) is 2.54. The van der Waals surface area contributed by atoms with Crippen LogP contribution in [0.5, 0.6) is 5.88 Å². The van der Waals surface area contributed by atoms with Crippen LogP contribution in [0.2, 0.25) is 0 Å². The van der Waals surface area contributed by atoms with Gasteiger partial charge in [-0.05, 0) is 24.6 Å². The molecular weight excluding hydrogens is 328 g/mol. The van der Waals surface area contributed by atoms with E-state index < -0.39 is 0 Å². The molecule has 0 bridgehead atoms. The van der Waals surface area contributed by atoms with Gasteiger partial charge >= 0.3 is 0 Å². The van der Waals surface area contributed by atoms with E-state index in [1.165, 1.54) is 0 Å². The fourth-order valence-corrected chi connectivity index (χ4v) is 2.92. The third-order valence-electron chi connectivity index (χ3n) is 4.32. The lowest BCUT2D eigenvalue weighted by molar-refractivity contribution is 0.0946. The van der Waals surface area contributed by atoms with Gasteiger partial charge < -0.3 is 15.1 Å². The fraction of sp³-hybridized carbons (Fsp3) is 0.150. The summed E-state index contributed by atoms with van der Waals surface area (Å²) in [6.07, 6.45) is 2.47. The molecule has 1 aliphatic heterocycles. The second kappa shape index (κ2) is 6.84. The summed E-state index contributed by atoms with van der Waals surface area (Å²) in [7, 11) is 0. The summed E-state index contributed by atoms with van der Waals surface area (Å²) in [4.78, 5) is 24.9. The van der Waals surface area contributed by atoms with Crippen molar-refractivity contribution in [1.82, 2.24) is 15.3 Å². The highest BCUT2D eigenvalue weighted by molar-refractivity contribution is 5.98. The van der Waals surface area contributed by atoms with E-state index in [4.69, 9.17) is 4.84 Å². The van der Waals surface area contributed by atoms with Crippen LogP contribution in [-0.4, -0.2) is 28.1 Å². The standard InChI is InChI=1S/C20H18N4O2/c1-13(14-5-3-2-4-6-14)24-26-19-11-15(7-9-21-19)18-12-16-17(23-18)8-10-22-20(16)25/h2-7,9,11-12,23H,8,10H2,1H3,(H,22,25)/b24-13+. The molecule has 6 nitrogen and oxygen atoms in total. The van der Waals surface area contributed by atoms with E-state index in [-0.39, 0.29) is 5.91 Å². The quantitative estimate of drug-likeness (QED) is 0.562. The number of amides is 1. The van der Waals surface area contributed by atoms with E-state index in [0.29, 0.717) is 18.0 Å². The molecule has 1 aliphatic rings. The molecule has 130 valence electrons. The molecule has 1 amide bonds. The minimum absolute atomic E-state index is 0.0395. The summed E-state index contributed by atoms with van der Waals surface area (Å²) in [6, 6.07) is 15.3. The molecule has 0 fully saturated rings. The normalized spacial score (nSPS) is 13.9. The number of oxime groups is 1. The van der Waals surface area contributed by atoms with E-state index in [1.807, 2.05) is 49.4 Å². The van der Waals surface area contributed by atoms with Crippen molar-refractivity contribution in [1.29, 1.82) is 0 Å². The average Bonchev–Trinajstić information content (AvgIpc) is 3.13. The molecule has 3 heterocycles. The molecule has 2 N–H and O–H groups in total. The van der Waals surface area contributed by atoms with E-state index in [0.717, 1.165) is 34.6 Å². The van der Waals surface area contributed by atoms with Crippen LogP contribution in [-0.2, 0) is 6.42 Å². The second-order valence-electron chi connectivity index (χ2n) is 6.10. The first-order valence-corrected chi connectivity index (χ1v) is 8.44. The van der Waals surface area contributed by atoms with E-state index in [1.54, 1.807) is 12.3 Å². The van der Waals surface area contributed by atoms with Gasteiger partial charge in [0, 0.05) is 42.2 Å². The molecule has 1 aromatic carbocycles. The van der Waals surface area contributed by atoms with Crippen molar-refractivity contribution in [3.8, 4) is 17.1 Å². The number of hydrogen-bond donors (Lipinski definition) is 2. The molecule has 0 radical (unpaired) electrons. The van der Waals surface area contributed by atoms with Crippen LogP contribution >= 0.6 is 0 Å². The predicted octanol–water partition coefficient (Wildman–Crippen LogP) is 3.17. The van der Waals surface area contributed by atoms with Crippen LogP contribution < -0.4 is 10.2 Å². The smallest absolute Gasteiger partial charge is 0.253 e. The number of aromatic amines is 1.